The van der Waals surface area contributed by atoms with Crippen LogP contribution >= 0.6 is 0 Å². The van der Waals surface area contributed by atoms with Crippen LogP contribution < -0.4 is 14.8 Å². The van der Waals surface area contributed by atoms with Gasteiger partial charge in [0.1, 0.15) is 0 Å². The quantitative estimate of drug-likeness (QED) is 0.893. The molecule has 1 N–H and O–H groups in total. The minimum absolute atomic E-state index is 0.452. The van der Waals surface area contributed by atoms with Crippen LogP contribution in [0.2, 0.25) is 0 Å². The molecule has 4 nitrogen and oxygen atoms in total. The molecule has 106 valence electrons. The van der Waals surface area contributed by atoms with Gasteiger partial charge in [0.05, 0.1) is 14.2 Å². The highest BCUT2D eigenvalue weighted by molar-refractivity contribution is 7.85. The van der Waals surface area contributed by atoms with Crippen LogP contribution in [0.25, 0.3) is 0 Å². The van der Waals surface area contributed by atoms with Crippen LogP contribution in [0.4, 0.5) is 0 Å². The van der Waals surface area contributed by atoms with E-state index in [1.54, 1.807) is 14.2 Å². The van der Waals surface area contributed by atoms with Gasteiger partial charge in [-0.15, -0.1) is 0 Å². The number of methoxy groups -OCH3 is 2. The van der Waals surface area contributed by atoms with Gasteiger partial charge in [-0.1, -0.05) is 12.1 Å². The molecule has 1 heterocycles. The van der Waals surface area contributed by atoms with E-state index in [0.717, 1.165) is 48.0 Å². The van der Waals surface area contributed by atoms with Crippen LogP contribution in [0.1, 0.15) is 18.4 Å². The summed E-state index contributed by atoms with van der Waals surface area (Å²) >= 11 is 0. The van der Waals surface area contributed by atoms with E-state index in [2.05, 4.69) is 5.32 Å². The van der Waals surface area contributed by atoms with E-state index in [-0.39, 0.29) is 0 Å². The Hall–Kier alpha value is -1.07. The molecule has 0 aliphatic carbocycles. The fourth-order valence-corrected chi connectivity index (χ4v) is 3.64. The predicted octanol–water partition coefficient (Wildman–Crippen LogP) is 1.70. The van der Waals surface area contributed by atoms with E-state index in [9.17, 15) is 4.21 Å². The average molecular weight is 283 g/mol. The molecular weight excluding hydrogens is 262 g/mol. The maximum absolute atomic E-state index is 11.3. The first kappa shape index (κ1) is 14.3. The second-order valence-corrected chi connectivity index (χ2v) is 6.35. The Balaban J connectivity index is 1.97. The fraction of sp³-hybridized carbons (Fsp3) is 0.571. The summed E-state index contributed by atoms with van der Waals surface area (Å²) in [6, 6.07) is 6.35. The van der Waals surface area contributed by atoms with Gasteiger partial charge in [0.2, 0.25) is 0 Å². The van der Waals surface area contributed by atoms with Crippen LogP contribution in [0.15, 0.2) is 18.2 Å². The van der Waals surface area contributed by atoms with Gasteiger partial charge in [-0.2, -0.15) is 0 Å². The third-order valence-corrected chi connectivity index (χ3v) is 4.84. The second-order valence-electron chi connectivity index (χ2n) is 4.66. The highest BCUT2D eigenvalue weighted by Gasteiger charge is 2.18. The Kier molecular flexibility index (Phi) is 5.22. The van der Waals surface area contributed by atoms with Crippen molar-refractivity contribution in [1.29, 1.82) is 0 Å². The average Bonchev–Trinajstić information content (AvgIpc) is 2.46. The van der Waals surface area contributed by atoms with Crippen molar-refractivity contribution in [3.05, 3.63) is 23.8 Å². The first-order valence-electron chi connectivity index (χ1n) is 6.53. The van der Waals surface area contributed by atoms with Crippen LogP contribution in [0.3, 0.4) is 0 Å². The number of ether oxygens (including phenoxy) is 2. The molecule has 1 aromatic carbocycles. The molecule has 0 aromatic heterocycles. The molecule has 0 spiro atoms. The number of nitrogens with one attached hydrogen (secondary N) is 1. The lowest BCUT2D eigenvalue weighted by molar-refractivity contribution is 0.349. The van der Waals surface area contributed by atoms with Gasteiger partial charge in [0, 0.05) is 40.5 Å². The zero-order valence-electron chi connectivity index (χ0n) is 11.5. The minimum atomic E-state index is -0.605. The van der Waals surface area contributed by atoms with Gasteiger partial charge in [0.15, 0.2) is 11.5 Å². The third-order valence-electron chi connectivity index (χ3n) is 3.45. The first-order chi connectivity index (χ1) is 9.24. The molecule has 1 aliphatic rings. The zero-order chi connectivity index (χ0) is 13.7. The number of benzene rings is 1. The number of para-hydroxylation sites is 1. The van der Waals surface area contributed by atoms with Gasteiger partial charge in [0.25, 0.3) is 0 Å². The fourth-order valence-electron chi connectivity index (χ4n) is 2.35. The van der Waals surface area contributed by atoms with E-state index in [1.165, 1.54) is 0 Å². The Morgan fingerprint density at radius 1 is 1.26 bits per heavy atom. The number of hydrogen-bond donors (Lipinski definition) is 1. The summed E-state index contributed by atoms with van der Waals surface area (Å²) in [7, 11) is 2.70. The van der Waals surface area contributed by atoms with E-state index >= 15 is 0 Å². The number of rotatable bonds is 5. The zero-order valence-corrected chi connectivity index (χ0v) is 12.3. The van der Waals surface area contributed by atoms with Gasteiger partial charge in [-0.05, 0) is 18.9 Å². The largest absolute Gasteiger partial charge is 0.493 e. The maximum Gasteiger partial charge on any atom is 0.165 e. The van der Waals surface area contributed by atoms with E-state index in [0.29, 0.717) is 6.04 Å². The standard InChI is InChI=1S/C14H21NO3S/c1-17-13-5-3-4-11(14(13)18-2)10-15-12-6-8-19(16)9-7-12/h3-5,12,15H,6-10H2,1-2H3. The molecule has 1 saturated heterocycles. The van der Waals surface area contributed by atoms with Gasteiger partial charge in [-0.3, -0.25) is 4.21 Å². The Morgan fingerprint density at radius 2 is 2.00 bits per heavy atom. The Morgan fingerprint density at radius 3 is 2.63 bits per heavy atom. The van der Waals surface area contributed by atoms with Gasteiger partial charge < -0.3 is 14.8 Å². The highest BCUT2D eigenvalue weighted by atomic mass is 32.2. The minimum Gasteiger partial charge on any atom is -0.493 e. The molecule has 0 atom stereocenters. The van der Waals surface area contributed by atoms with Crippen molar-refractivity contribution >= 4 is 10.8 Å². The van der Waals surface area contributed by atoms with Gasteiger partial charge in [-0.25, -0.2) is 0 Å². The lowest BCUT2D eigenvalue weighted by Gasteiger charge is -2.23. The summed E-state index contributed by atoms with van der Waals surface area (Å²) < 4.78 is 22.0. The SMILES string of the molecule is COc1cccc(CNC2CCS(=O)CC2)c1OC. The van der Waals surface area contributed by atoms with E-state index < -0.39 is 10.8 Å². The normalized spacial score (nSPS) is 23.1. The molecule has 0 radical (unpaired) electrons. The van der Waals surface area contributed by atoms with Crippen LogP contribution in [0.5, 0.6) is 11.5 Å². The van der Waals surface area contributed by atoms with Crippen LogP contribution in [-0.4, -0.2) is 36.0 Å². The summed E-state index contributed by atoms with van der Waals surface area (Å²) in [5, 5.41) is 3.51. The second kappa shape index (κ2) is 6.91. The number of hydrogen-bond acceptors (Lipinski definition) is 4. The van der Waals surface area contributed by atoms with Crippen LogP contribution in [0, 0.1) is 0 Å². The summed E-state index contributed by atoms with van der Waals surface area (Å²) in [4.78, 5) is 0. The molecule has 0 bridgehead atoms. The van der Waals surface area contributed by atoms with E-state index in [1.807, 2.05) is 18.2 Å². The van der Waals surface area contributed by atoms with Crippen molar-refractivity contribution in [2.75, 3.05) is 25.7 Å². The van der Waals surface area contributed by atoms with E-state index in [4.69, 9.17) is 9.47 Å². The van der Waals surface area contributed by atoms with Crippen molar-refractivity contribution in [2.45, 2.75) is 25.4 Å². The molecule has 0 unspecified atom stereocenters. The van der Waals surface area contributed by atoms with Crippen LogP contribution in [-0.2, 0) is 17.3 Å². The highest BCUT2D eigenvalue weighted by Crippen LogP contribution is 2.30. The molecule has 19 heavy (non-hydrogen) atoms. The summed E-state index contributed by atoms with van der Waals surface area (Å²) in [6.45, 7) is 0.748. The maximum atomic E-state index is 11.3. The molecule has 1 aromatic rings. The summed E-state index contributed by atoms with van der Waals surface area (Å²) in [5.74, 6) is 3.17. The molecular formula is C14H21NO3S. The predicted molar refractivity (Wildman–Crippen MR) is 77.3 cm³/mol. The van der Waals surface area contributed by atoms with Crippen molar-refractivity contribution in [1.82, 2.24) is 5.32 Å². The molecule has 5 heteroatoms. The monoisotopic (exact) mass is 283 g/mol. The van der Waals surface area contributed by atoms with Gasteiger partial charge >= 0.3 is 0 Å². The van der Waals surface area contributed by atoms with Crippen molar-refractivity contribution in [3.8, 4) is 11.5 Å². The van der Waals surface area contributed by atoms with Crippen molar-refractivity contribution in [2.24, 2.45) is 0 Å². The Bertz CT molecular complexity index is 440. The smallest absolute Gasteiger partial charge is 0.165 e. The third kappa shape index (κ3) is 3.70. The summed E-state index contributed by atoms with van der Waals surface area (Å²) in [6.07, 6.45) is 1.97. The molecule has 2 rings (SSSR count). The topological polar surface area (TPSA) is 47.6 Å². The summed E-state index contributed by atoms with van der Waals surface area (Å²) in [5.41, 5.74) is 1.09. The van der Waals surface area contributed by atoms with Crippen molar-refractivity contribution in [3.63, 3.8) is 0 Å². The lowest BCUT2D eigenvalue weighted by Crippen LogP contribution is -2.35. The molecule has 0 saturated carbocycles. The molecule has 0 amide bonds. The first-order valence-corrected chi connectivity index (χ1v) is 8.01. The molecule has 1 fully saturated rings. The lowest BCUT2D eigenvalue weighted by atomic mass is 10.1. The Labute approximate surface area is 116 Å². The molecule has 1 aliphatic heterocycles. The van der Waals surface area contributed by atoms with Crippen molar-refractivity contribution < 1.29 is 13.7 Å².